The van der Waals surface area contributed by atoms with Crippen LogP contribution >= 0.6 is 15.6 Å². The summed E-state index contributed by atoms with van der Waals surface area (Å²) in [7, 11) is -10.8. The Kier molecular flexibility index (Phi) is 7.83. The van der Waals surface area contributed by atoms with Gasteiger partial charge in [-0.1, -0.05) is 44.1 Å². The predicted molar refractivity (Wildman–Crippen MR) is 106 cm³/mol. The van der Waals surface area contributed by atoms with Gasteiger partial charge in [0, 0.05) is 0 Å². The maximum atomic E-state index is 11.3. The second-order valence-electron chi connectivity index (χ2n) is 9.20. The van der Waals surface area contributed by atoms with Crippen molar-refractivity contribution in [2.75, 3.05) is 6.61 Å². The molecule has 1 unspecified atom stereocenters. The van der Waals surface area contributed by atoms with Crippen molar-refractivity contribution in [2.45, 2.75) is 73.1 Å². The zero-order valence-electron chi connectivity index (χ0n) is 18.0. The average molecular weight is 447 g/mol. The van der Waals surface area contributed by atoms with E-state index in [1.54, 1.807) is 6.08 Å². The van der Waals surface area contributed by atoms with E-state index in [0.29, 0.717) is 11.8 Å². The molecule has 2 rings (SSSR count). The van der Waals surface area contributed by atoms with Crippen molar-refractivity contribution >= 4 is 15.6 Å². The summed E-state index contributed by atoms with van der Waals surface area (Å²) in [6.45, 7) is 10.9. The summed E-state index contributed by atoms with van der Waals surface area (Å²) < 4.78 is 29.7. The standard InChI is InChI=1S/C20H36O7P2/c1-15(11-14-26-29(24,25)27-28(21,22)23)9-12-19(4)17(3)10-13-20(5)16(2)7-6-8-18(19)20/h7,11,17-18H,6,8-10,12-14H2,1-5H3,(H,24,25)(H2,21,22,23)/p-3/b15-11+/t17-,18-,19+,20+/m1/s1. The van der Waals surface area contributed by atoms with Gasteiger partial charge in [0.15, 0.2) is 0 Å². The average Bonchev–Trinajstić information content (AvgIpc) is 2.57. The van der Waals surface area contributed by atoms with Crippen LogP contribution < -0.4 is 14.7 Å². The fourth-order valence-electron chi connectivity index (χ4n) is 5.32. The normalized spacial score (nSPS) is 35.6. The smallest absolute Gasteiger partial charge is 0.272 e. The molecule has 9 heteroatoms. The minimum Gasteiger partial charge on any atom is -0.790 e. The van der Waals surface area contributed by atoms with Crippen LogP contribution in [-0.4, -0.2) is 6.61 Å². The van der Waals surface area contributed by atoms with Gasteiger partial charge in [-0.2, -0.15) is 0 Å². The van der Waals surface area contributed by atoms with Crippen molar-refractivity contribution in [1.82, 2.24) is 0 Å². The number of rotatable bonds is 8. The summed E-state index contributed by atoms with van der Waals surface area (Å²) in [4.78, 5) is 32.2. The van der Waals surface area contributed by atoms with Crippen molar-refractivity contribution in [3.05, 3.63) is 23.3 Å². The van der Waals surface area contributed by atoms with Crippen molar-refractivity contribution in [3.8, 4) is 0 Å². The topological polar surface area (TPSA) is 122 Å². The molecule has 5 atom stereocenters. The number of phosphoric ester groups is 1. The molecule has 0 aromatic heterocycles. The Bertz CT molecular complexity index is 756. The third-order valence-corrected chi connectivity index (χ3v) is 9.58. The van der Waals surface area contributed by atoms with E-state index in [9.17, 15) is 23.8 Å². The zero-order valence-corrected chi connectivity index (χ0v) is 19.8. The van der Waals surface area contributed by atoms with Gasteiger partial charge in [0.05, 0.1) is 14.4 Å². The van der Waals surface area contributed by atoms with E-state index in [2.05, 4.69) is 42.6 Å². The Labute approximate surface area is 174 Å². The summed E-state index contributed by atoms with van der Waals surface area (Å²) in [5, 5.41) is 0. The molecular weight excluding hydrogens is 414 g/mol. The van der Waals surface area contributed by atoms with Crippen molar-refractivity contribution in [2.24, 2.45) is 22.7 Å². The lowest BCUT2D eigenvalue weighted by atomic mass is 9.47. The van der Waals surface area contributed by atoms with Crippen molar-refractivity contribution < 1.29 is 32.6 Å². The van der Waals surface area contributed by atoms with E-state index >= 15 is 0 Å². The molecule has 2 aliphatic rings. The lowest BCUT2D eigenvalue weighted by Gasteiger charge is -2.58. The van der Waals surface area contributed by atoms with Gasteiger partial charge < -0.3 is 23.8 Å². The molecule has 0 radical (unpaired) electrons. The molecular formula is C20H33O7P2-3. The number of fused-ring (bicyclic) bond motifs is 1. The van der Waals surface area contributed by atoms with E-state index in [1.165, 1.54) is 24.8 Å². The van der Waals surface area contributed by atoms with Gasteiger partial charge in [0.1, 0.15) is 0 Å². The van der Waals surface area contributed by atoms with E-state index < -0.39 is 15.6 Å². The fraction of sp³-hybridized carbons (Fsp3) is 0.800. The largest absolute Gasteiger partial charge is 0.790 e. The first-order valence-corrected chi connectivity index (χ1v) is 13.1. The molecule has 2 aliphatic carbocycles. The third kappa shape index (κ3) is 6.13. The fourth-order valence-corrected chi connectivity index (χ4v) is 6.74. The van der Waals surface area contributed by atoms with Crippen LogP contribution in [0.15, 0.2) is 23.3 Å². The quantitative estimate of drug-likeness (QED) is 0.409. The lowest BCUT2D eigenvalue weighted by Crippen LogP contribution is -2.49. The molecule has 168 valence electrons. The first-order chi connectivity index (χ1) is 13.2. The number of hydrogen-bond donors (Lipinski definition) is 0. The Morgan fingerprint density at radius 2 is 1.93 bits per heavy atom. The van der Waals surface area contributed by atoms with Crippen molar-refractivity contribution in [1.29, 1.82) is 0 Å². The maximum Gasteiger partial charge on any atom is 0.272 e. The van der Waals surface area contributed by atoms with Gasteiger partial charge in [0.2, 0.25) is 0 Å². The molecule has 29 heavy (non-hydrogen) atoms. The number of hydrogen-bond acceptors (Lipinski definition) is 7. The van der Waals surface area contributed by atoms with Gasteiger partial charge in [-0.3, -0.25) is 8.88 Å². The van der Waals surface area contributed by atoms with Crippen molar-refractivity contribution in [3.63, 3.8) is 0 Å². The second-order valence-corrected chi connectivity index (χ2v) is 11.9. The number of allylic oxidation sites excluding steroid dienone is 3. The summed E-state index contributed by atoms with van der Waals surface area (Å²) >= 11 is 0. The van der Waals surface area contributed by atoms with E-state index in [4.69, 9.17) is 0 Å². The number of phosphoric acid groups is 2. The van der Waals surface area contributed by atoms with Crippen LogP contribution in [0.1, 0.15) is 73.1 Å². The molecule has 0 N–H and O–H groups in total. The van der Waals surface area contributed by atoms with E-state index in [0.717, 1.165) is 24.8 Å². The molecule has 0 aliphatic heterocycles. The predicted octanol–water partition coefficient (Wildman–Crippen LogP) is 3.84. The summed E-state index contributed by atoms with van der Waals surface area (Å²) in [5.74, 6) is 1.22. The molecule has 1 fully saturated rings. The summed E-state index contributed by atoms with van der Waals surface area (Å²) in [6, 6.07) is 0. The van der Waals surface area contributed by atoms with Crippen LogP contribution in [0.5, 0.6) is 0 Å². The molecule has 0 amide bonds. The highest BCUT2D eigenvalue weighted by molar-refractivity contribution is 7.58. The third-order valence-electron chi connectivity index (χ3n) is 7.52. The van der Waals surface area contributed by atoms with Gasteiger partial charge in [-0.15, -0.1) is 0 Å². The molecule has 0 spiro atoms. The van der Waals surface area contributed by atoms with Crippen LogP contribution in [0.3, 0.4) is 0 Å². The molecule has 7 nitrogen and oxygen atoms in total. The van der Waals surface area contributed by atoms with Gasteiger partial charge >= 0.3 is 0 Å². The highest BCUT2D eigenvalue weighted by Gasteiger charge is 2.52. The summed E-state index contributed by atoms with van der Waals surface area (Å²) in [6.07, 6.45) is 10.5. The van der Waals surface area contributed by atoms with Gasteiger partial charge in [0.25, 0.3) is 7.82 Å². The Morgan fingerprint density at radius 3 is 2.55 bits per heavy atom. The van der Waals surface area contributed by atoms with Crippen LogP contribution in [0, 0.1) is 22.7 Å². The summed E-state index contributed by atoms with van der Waals surface area (Å²) in [5.41, 5.74) is 2.90. The Morgan fingerprint density at radius 1 is 1.28 bits per heavy atom. The monoisotopic (exact) mass is 447 g/mol. The molecule has 0 heterocycles. The Balaban J connectivity index is 2.00. The van der Waals surface area contributed by atoms with E-state index in [-0.39, 0.29) is 17.4 Å². The van der Waals surface area contributed by atoms with Gasteiger partial charge in [-0.05, 0) is 75.0 Å². The van der Waals surface area contributed by atoms with Crippen LogP contribution in [-0.2, 0) is 18.0 Å². The lowest BCUT2D eigenvalue weighted by molar-refractivity contribution is -0.339. The highest BCUT2D eigenvalue weighted by Crippen LogP contribution is 2.61. The Hall–Kier alpha value is -0.260. The van der Waals surface area contributed by atoms with Crippen LogP contribution in [0.2, 0.25) is 0 Å². The molecule has 0 bridgehead atoms. The first-order valence-electron chi connectivity index (χ1n) is 10.2. The maximum absolute atomic E-state index is 11.3. The zero-order chi connectivity index (χ0) is 22.1. The molecule has 0 aromatic rings. The van der Waals surface area contributed by atoms with Crippen LogP contribution in [0.25, 0.3) is 0 Å². The minimum atomic E-state index is -5.65. The van der Waals surface area contributed by atoms with Gasteiger partial charge in [-0.25, -0.2) is 0 Å². The van der Waals surface area contributed by atoms with Crippen LogP contribution in [0.4, 0.5) is 0 Å². The highest BCUT2D eigenvalue weighted by atomic mass is 31.3. The molecule has 0 saturated heterocycles. The van der Waals surface area contributed by atoms with E-state index in [1.807, 2.05) is 6.92 Å². The first kappa shape index (κ1) is 25.0. The molecule has 0 aromatic carbocycles. The SMILES string of the molecule is CC1=CCC[C@@H]2[C@@](C)(CC/C(C)=C/COP(=O)([O-])OP(=O)([O-])[O-])[C@H](C)CC[C@@]12C. The molecule has 1 saturated carbocycles. The minimum absolute atomic E-state index is 0.188. The second kappa shape index (κ2) is 9.08.